The van der Waals surface area contributed by atoms with Gasteiger partial charge in [-0.1, -0.05) is 0 Å². The van der Waals surface area contributed by atoms with Gasteiger partial charge in [0.25, 0.3) is 0 Å². The molecule has 0 radical (unpaired) electrons. The first kappa shape index (κ1) is 12.6. The largest absolute Gasteiger partial charge is 0.390 e. The zero-order chi connectivity index (χ0) is 15.2. The van der Waals surface area contributed by atoms with Crippen molar-refractivity contribution in [2.24, 2.45) is 17.8 Å². The van der Waals surface area contributed by atoms with E-state index < -0.39 is 0 Å². The molecule has 23 heavy (non-hydrogen) atoms. The van der Waals surface area contributed by atoms with Gasteiger partial charge in [0.1, 0.15) is 5.65 Å². The minimum atomic E-state index is -0.360. The van der Waals surface area contributed by atoms with Gasteiger partial charge in [-0.25, -0.2) is 4.98 Å². The molecule has 5 atom stereocenters. The number of H-pyrrole nitrogens is 1. The summed E-state index contributed by atoms with van der Waals surface area (Å²) in [6, 6.07) is 4.89. The number of aliphatic hydroxyl groups is 1. The van der Waals surface area contributed by atoms with Gasteiger partial charge in [0.05, 0.1) is 11.1 Å². The Hall–Kier alpha value is -1.81. The van der Waals surface area contributed by atoms with Crippen LogP contribution in [0.3, 0.4) is 0 Å². The SMILES string of the molecule is OC12CC3C[C@H](C1)C(n1ccc4cnc5[nH]ccc5c41)[C@@H](C3)C2. The average molecular weight is 307 g/mol. The van der Waals surface area contributed by atoms with Gasteiger partial charge in [0.2, 0.25) is 0 Å². The molecule has 118 valence electrons. The lowest BCUT2D eigenvalue weighted by atomic mass is 9.52. The van der Waals surface area contributed by atoms with E-state index in [9.17, 15) is 5.11 Å². The Kier molecular flexibility index (Phi) is 2.18. The van der Waals surface area contributed by atoms with Crippen molar-refractivity contribution in [1.29, 1.82) is 0 Å². The number of nitrogens with zero attached hydrogens (tertiary/aromatic N) is 2. The summed E-state index contributed by atoms with van der Waals surface area (Å²) in [6.45, 7) is 0. The van der Waals surface area contributed by atoms with Gasteiger partial charge in [-0.15, -0.1) is 0 Å². The van der Waals surface area contributed by atoms with Crippen LogP contribution in [0.2, 0.25) is 0 Å². The number of rotatable bonds is 1. The molecule has 4 nitrogen and oxygen atoms in total. The van der Waals surface area contributed by atoms with Crippen molar-refractivity contribution < 1.29 is 5.11 Å². The van der Waals surface area contributed by atoms with Gasteiger partial charge in [-0.2, -0.15) is 0 Å². The molecule has 3 unspecified atom stereocenters. The highest BCUT2D eigenvalue weighted by Crippen LogP contribution is 2.60. The second-order valence-corrected chi connectivity index (χ2v) is 8.21. The first-order chi connectivity index (χ1) is 11.2. The quantitative estimate of drug-likeness (QED) is 0.721. The smallest absolute Gasteiger partial charge is 0.139 e. The van der Waals surface area contributed by atoms with Crippen LogP contribution < -0.4 is 0 Å². The maximum absolute atomic E-state index is 10.8. The van der Waals surface area contributed by atoms with E-state index in [1.807, 2.05) is 12.4 Å². The predicted molar refractivity (Wildman–Crippen MR) is 89.1 cm³/mol. The first-order valence-corrected chi connectivity index (χ1v) is 8.85. The number of aromatic amines is 1. The third kappa shape index (κ3) is 1.57. The summed E-state index contributed by atoms with van der Waals surface area (Å²) in [6.07, 6.45) is 11.8. The molecule has 0 spiro atoms. The Morgan fingerprint density at radius 3 is 2.78 bits per heavy atom. The number of nitrogens with one attached hydrogen (secondary N) is 1. The molecule has 3 aromatic heterocycles. The molecular formula is C19H21N3O. The summed E-state index contributed by atoms with van der Waals surface area (Å²) in [5.74, 6) is 2.01. The van der Waals surface area contributed by atoms with Crippen molar-refractivity contribution in [2.75, 3.05) is 0 Å². The predicted octanol–water partition coefficient (Wildman–Crippen LogP) is 3.63. The van der Waals surface area contributed by atoms with Gasteiger partial charge in [-0.05, 0) is 62.0 Å². The van der Waals surface area contributed by atoms with E-state index in [0.29, 0.717) is 17.9 Å². The highest BCUT2D eigenvalue weighted by molar-refractivity contribution is 6.02. The van der Waals surface area contributed by atoms with Gasteiger partial charge in [0.15, 0.2) is 0 Å². The minimum absolute atomic E-state index is 0.360. The van der Waals surface area contributed by atoms with Crippen LogP contribution in [0.4, 0.5) is 0 Å². The highest BCUT2D eigenvalue weighted by Gasteiger charge is 2.55. The summed E-state index contributed by atoms with van der Waals surface area (Å²) >= 11 is 0. The molecule has 2 N–H and O–H groups in total. The summed E-state index contributed by atoms with van der Waals surface area (Å²) in [5, 5.41) is 13.3. The summed E-state index contributed by atoms with van der Waals surface area (Å²) < 4.78 is 2.52. The van der Waals surface area contributed by atoms with E-state index in [0.717, 1.165) is 30.8 Å². The minimum Gasteiger partial charge on any atom is -0.390 e. The monoisotopic (exact) mass is 307 g/mol. The molecule has 4 fully saturated rings. The number of pyridine rings is 1. The number of aromatic nitrogens is 3. The standard InChI is InChI=1S/C19H21N3O/c23-19-7-11-5-13(8-19)16(14(6-11)9-19)22-4-2-12-10-21-18-15(17(12)22)1-3-20-18/h1-4,10-11,13-14,16,23H,5-9H2,(H,20,21)/t11?,13-,14+,16?,19?. The van der Waals surface area contributed by atoms with Crippen molar-refractivity contribution in [2.45, 2.75) is 43.7 Å². The molecule has 4 bridgehead atoms. The first-order valence-electron chi connectivity index (χ1n) is 8.85. The van der Waals surface area contributed by atoms with Crippen LogP contribution >= 0.6 is 0 Å². The molecule has 7 rings (SSSR count). The van der Waals surface area contributed by atoms with E-state index in [1.165, 1.54) is 29.1 Å². The number of hydrogen-bond donors (Lipinski definition) is 2. The number of hydrogen-bond acceptors (Lipinski definition) is 2. The van der Waals surface area contributed by atoms with Crippen LogP contribution in [-0.2, 0) is 0 Å². The lowest BCUT2D eigenvalue weighted by molar-refractivity contribution is -0.146. The molecule has 4 heteroatoms. The van der Waals surface area contributed by atoms with Crippen LogP contribution in [0.15, 0.2) is 30.7 Å². The topological polar surface area (TPSA) is 53.8 Å². The van der Waals surface area contributed by atoms with Crippen LogP contribution in [0.5, 0.6) is 0 Å². The van der Waals surface area contributed by atoms with Gasteiger partial charge < -0.3 is 14.7 Å². The fourth-order valence-corrected chi connectivity index (χ4v) is 6.31. The lowest BCUT2D eigenvalue weighted by Gasteiger charge is -2.58. The zero-order valence-corrected chi connectivity index (χ0v) is 13.1. The zero-order valence-electron chi connectivity index (χ0n) is 13.1. The molecule has 0 saturated heterocycles. The summed E-state index contributed by atoms with van der Waals surface area (Å²) in [5.41, 5.74) is 1.93. The summed E-state index contributed by atoms with van der Waals surface area (Å²) in [7, 11) is 0. The summed E-state index contributed by atoms with van der Waals surface area (Å²) in [4.78, 5) is 7.76. The Morgan fingerprint density at radius 2 is 2.00 bits per heavy atom. The maximum atomic E-state index is 10.8. The molecule has 0 aromatic carbocycles. The Labute approximate surface area is 134 Å². The second kappa shape index (κ2) is 3.99. The Morgan fingerprint density at radius 1 is 1.17 bits per heavy atom. The van der Waals surface area contributed by atoms with Crippen molar-refractivity contribution in [3.8, 4) is 0 Å². The maximum Gasteiger partial charge on any atom is 0.139 e. The molecule has 3 aromatic rings. The fraction of sp³-hybridized carbons (Fsp3) is 0.526. The van der Waals surface area contributed by atoms with Gasteiger partial charge in [-0.3, -0.25) is 0 Å². The second-order valence-electron chi connectivity index (χ2n) is 8.21. The third-order valence-electron chi connectivity index (χ3n) is 6.77. The van der Waals surface area contributed by atoms with E-state index in [-0.39, 0.29) is 5.60 Å². The van der Waals surface area contributed by atoms with Gasteiger partial charge in [0, 0.05) is 35.4 Å². The molecule has 4 saturated carbocycles. The van der Waals surface area contributed by atoms with Crippen molar-refractivity contribution in [3.63, 3.8) is 0 Å². The van der Waals surface area contributed by atoms with Crippen molar-refractivity contribution >= 4 is 21.9 Å². The fourth-order valence-electron chi connectivity index (χ4n) is 6.31. The van der Waals surface area contributed by atoms with Crippen molar-refractivity contribution in [3.05, 3.63) is 30.7 Å². The molecular weight excluding hydrogens is 286 g/mol. The van der Waals surface area contributed by atoms with E-state index in [1.54, 1.807) is 0 Å². The van der Waals surface area contributed by atoms with Crippen LogP contribution in [0.1, 0.15) is 38.1 Å². The van der Waals surface area contributed by atoms with E-state index >= 15 is 0 Å². The number of fused-ring (bicyclic) bond motifs is 3. The average Bonchev–Trinajstić information content (AvgIpc) is 3.10. The van der Waals surface area contributed by atoms with Crippen LogP contribution in [-0.4, -0.2) is 25.2 Å². The Balaban J connectivity index is 1.56. The van der Waals surface area contributed by atoms with Crippen LogP contribution in [0.25, 0.3) is 21.9 Å². The third-order valence-corrected chi connectivity index (χ3v) is 6.77. The molecule has 4 aliphatic rings. The van der Waals surface area contributed by atoms with E-state index in [4.69, 9.17) is 0 Å². The lowest BCUT2D eigenvalue weighted by Crippen LogP contribution is -2.54. The molecule has 0 aliphatic heterocycles. The molecule has 0 amide bonds. The molecule has 3 heterocycles. The highest BCUT2D eigenvalue weighted by atomic mass is 16.3. The normalized spacial score (nSPS) is 38.8. The molecule has 4 aliphatic carbocycles. The Bertz CT molecular complexity index is 907. The van der Waals surface area contributed by atoms with Crippen molar-refractivity contribution in [1.82, 2.24) is 14.5 Å². The van der Waals surface area contributed by atoms with Crippen LogP contribution in [0, 0.1) is 17.8 Å². The van der Waals surface area contributed by atoms with Gasteiger partial charge >= 0.3 is 0 Å². The van der Waals surface area contributed by atoms with E-state index in [2.05, 4.69) is 32.9 Å².